The zero-order valence-corrected chi connectivity index (χ0v) is 16.4. The number of hydrogen-bond donors (Lipinski definition) is 0. The van der Waals surface area contributed by atoms with Gasteiger partial charge in [0.05, 0.1) is 6.61 Å². The van der Waals surface area contributed by atoms with Gasteiger partial charge in [0.1, 0.15) is 5.82 Å². The third-order valence-corrected chi connectivity index (χ3v) is 4.73. The number of carbonyl (C=O) groups is 2. The predicted molar refractivity (Wildman–Crippen MR) is 107 cm³/mol. The van der Waals surface area contributed by atoms with Gasteiger partial charge in [-0.05, 0) is 24.6 Å². The number of benzene rings is 1. The molecule has 3 rings (SSSR count). The molecular formula is C21H26N4O3. The third kappa shape index (κ3) is 4.79. The second-order valence-electron chi connectivity index (χ2n) is 6.72. The number of anilines is 1. The van der Waals surface area contributed by atoms with Crippen molar-refractivity contribution in [2.24, 2.45) is 0 Å². The molecule has 7 heteroatoms. The van der Waals surface area contributed by atoms with Crippen LogP contribution in [0.15, 0.2) is 48.7 Å². The van der Waals surface area contributed by atoms with Gasteiger partial charge in [-0.15, -0.1) is 0 Å². The largest absolute Gasteiger partial charge is 0.450 e. The molecule has 1 fully saturated rings. The molecule has 0 N–H and O–H groups in total. The summed E-state index contributed by atoms with van der Waals surface area (Å²) < 4.78 is 5.05. The number of aromatic nitrogens is 1. The van der Waals surface area contributed by atoms with Gasteiger partial charge in [0, 0.05) is 51.5 Å². The Morgan fingerprint density at radius 2 is 1.82 bits per heavy atom. The van der Waals surface area contributed by atoms with Crippen LogP contribution in [0.5, 0.6) is 0 Å². The van der Waals surface area contributed by atoms with E-state index < -0.39 is 0 Å². The molecule has 0 spiro atoms. The van der Waals surface area contributed by atoms with Crippen LogP contribution in [-0.2, 0) is 11.3 Å². The molecule has 0 radical (unpaired) electrons. The summed E-state index contributed by atoms with van der Waals surface area (Å²) in [7, 11) is 1.80. The fourth-order valence-corrected chi connectivity index (χ4v) is 3.21. The van der Waals surface area contributed by atoms with Crippen molar-refractivity contribution in [1.29, 1.82) is 0 Å². The molecular weight excluding hydrogens is 356 g/mol. The Morgan fingerprint density at radius 1 is 1.11 bits per heavy atom. The van der Waals surface area contributed by atoms with Crippen LogP contribution < -0.4 is 4.90 Å². The standard InChI is InChI=1S/C21H26N4O3/c1-3-28-21(27)25-13-11-24(12-14-25)19-15-18(9-10-22-19)20(26)23(2)16-17-7-5-4-6-8-17/h4-10,15H,3,11-14,16H2,1-2H3. The van der Waals surface area contributed by atoms with Crippen molar-refractivity contribution in [2.75, 3.05) is 44.7 Å². The van der Waals surface area contributed by atoms with Crippen molar-refractivity contribution in [1.82, 2.24) is 14.8 Å². The Morgan fingerprint density at radius 3 is 2.50 bits per heavy atom. The molecule has 0 saturated carbocycles. The van der Waals surface area contributed by atoms with E-state index in [-0.39, 0.29) is 12.0 Å². The maximum absolute atomic E-state index is 12.8. The van der Waals surface area contributed by atoms with Gasteiger partial charge in [-0.25, -0.2) is 9.78 Å². The van der Waals surface area contributed by atoms with Crippen LogP contribution in [0, 0.1) is 0 Å². The first-order chi connectivity index (χ1) is 13.6. The second kappa shape index (κ2) is 9.21. The van der Waals surface area contributed by atoms with E-state index >= 15 is 0 Å². The van der Waals surface area contributed by atoms with E-state index in [4.69, 9.17) is 4.74 Å². The molecule has 28 heavy (non-hydrogen) atoms. The molecule has 0 bridgehead atoms. The minimum absolute atomic E-state index is 0.0438. The molecule has 0 atom stereocenters. The zero-order valence-electron chi connectivity index (χ0n) is 16.4. The Kier molecular flexibility index (Phi) is 6.47. The third-order valence-electron chi connectivity index (χ3n) is 4.73. The quantitative estimate of drug-likeness (QED) is 0.795. The molecule has 1 aromatic heterocycles. The Labute approximate surface area is 165 Å². The van der Waals surface area contributed by atoms with E-state index in [0.717, 1.165) is 11.4 Å². The summed E-state index contributed by atoms with van der Waals surface area (Å²) in [5.41, 5.74) is 1.69. The van der Waals surface area contributed by atoms with E-state index in [0.29, 0.717) is 44.9 Å². The van der Waals surface area contributed by atoms with Crippen LogP contribution in [0.2, 0.25) is 0 Å². The lowest BCUT2D eigenvalue weighted by atomic mass is 10.2. The molecule has 148 valence electrons. The lowest BCUT2D eigenvalue weighted by Gasteiger charge is -2.34. The molecule has 2 amide bonds. The normalized spacial score (nSPS) is 13.9. The van der Waals surface area contributed by atoms with Crippen LogP contribution in [0.25, 0.3) is 0 Å². The SMILES string of the molecule is CCOC(=O)N1CCN(c2cc(C(=O)N(C)Cc3ccccc3)ccn2)CC1. The fraction of sp³-hybridized carbons (Fsp3) is 0.381. The molecule has 0 unspecified atom stereocenters. The second-order valence-corrected chi connectivity index (χ2v) is 6.72. The van der Waals surface area contributed by atoms with Crippen molar-refractivity contribution in [3.8, 4) is 0 Å². The fourth-order valence-electron chi connectivity index (χ4n) is 3.21. The molecule has 0 aliphatic carbocycles. The first kappa shape index (κ1) is 19.7. The number of hydrogen-bond acceptors (Lipinski definition) is 5. The molecule has 1 aliphatic rings. The number of amides is 2. The van der Waals surface area contributed by atoms with Crippen LogP contribution >= 0.6 is 0 Å². The van der Waals surface area contributed by atoms with Crippen LogP contribution in [-0.4, -0.2) is 66.6 Å². The van der Waals surface area contributed by atoms with E-state index in [1.165, 1.54) is 0 Å². The van der Waals surface area contributed by atoms with Gasteiger partial charge in [0.2, 0.25) is 0 Å². The summed E-state index contributed by atoms with van der Waals surface area (Å²) >= 11 is 0. The maximum atomic E-state index is 12.8. The van der Waals surface area contributed by atoms with E-state index in [1.54, 1.807) is 36.0 Å². The number of ether oxygens (including phenoxy) is 1. The first-order valence-electron chi connectivity index (χ1n) is 9.50. The Bertz CT molecular complexity index is 804. The van der Waals surface area contributed by atoms with Gasteiger partial charge in [-0.1, -0.05) is 30.3 Å². The molecule has 2 aromatic rings. The van der Waals surface area contributed by atoms with E-state index in [2.05, 4.69) is 9.88 Å². The average Bonchev–Trinajstić information content (AvgIpc) is 2.74. The maximum Gasteiger partial charge on any atom is 0.409 e. The van der Waals surface area contributed by atoms with E-state index in [1.807, 2.05) is 36.4 Å². The molecule has 1 aromatic carbocycles. The highest BCUT2D eigenvalue weighted by Crippen LogP contribution is 2.17. The molecule has 1 aliphatic heterocycles. The van der Waals surface area contributed by atoms with E-state index in [9.17, 15) is 9.59 Å². The number of carbonyl (C=O) groups excluding carboxylic acids is 2. The van der Waals surface area contributed by atoms with Gasteiger partial charge >= 0.3 is 6.09 Å². The minimum Gasteiger partial charge on any atom is -0.450 e. The number of nitrogens with zero attached hydrogens (tertiary/aromatic N) is 4. The van der Waals surface area contributed by atoms with Crippen molar-refractivity contribution in [2.45, 2.75) is 13.5 Å². The van der Waals surface area contributed by atoms with Gasteiger partial charge in [-0.3, -0.25) is 4.79 Å². The average molecular weight is 382 g/mol. The highest BCUT2D eigenvalue weighted by atomic mass is 16.6. The number of rotatable bonds is 5. The number of piperazine rings is 1. The molecule has 2 heterocycles. The van der Waals surface area contributed by atoms with Crippen molar-refractivity contribution in [3.63, 3.8) is 0 Å². The van der Waals surface area contributed by atoms with Crippen molar-refractivity contribution >= 4 is 17.8 Å². The predicted octanol–water partition coefficient (Wildman–Crippen LogP) is 2.63. The molecule has 7 nitrogen and oxygen atoms in total. The van der Waals surface area contributed by atoms with Gasteiger partial charge < -0.3 is 19.4 Å². The van der Waals surface area contributed by atoms with Gasteiger partial charge in [-0.2, -0.15) is 0 Å². The van der Waals surface area contributed by atoms with Crippen LogP contribution in [0.3, 0.4) is 0 Å². The Balaban J connectivity index is 1.62. The summed E-state index contributed by atoms with van der Waals surface area (Å²) in [4.78, 5) is 34.5. The first-order valence-corrected chi connectivity index (χ1v) is 9.50. The van der Waals surface area contributed by atoms with Crippen LogP contribution in [0.4, 0.5) is 10.6 Å². The van der Waals surface area contributed by atoms with Gasteiger partial charge in [0.15, 0.2) is 0 Å². The molecule has 1 saturated heterocycles. The highest BCUT2D eigenvalue weighted by Gasteiger charge is 2.23. The summed E-state index contributed by atoms with van der Waals surface area (Å²) in [5.74, 6) is 0.708. The lowest BCUT2D eigenvalue weighted by Crippen LogP contribution is -2.49. The lowest BCUT2D eigenvalue weighted by molar-refractivity contribution is 0.0785. The number of pyridine rings is 1. The van der Waals surface area contributed by atoms with Crippen molar-refractivity contribution in [3.05, 3.63) is 59.8 Å². The summed E-state index contributed by atoms with van der Waals surface area (Å²) in [6.45, 7) is 5.19. The highest BCUT2D eigenvalue weighted by molar-refractivity contribution is 5.94. The van der Waals surface area contributed by atoms with Crippen molar-refractivity contribution < 1.29 is 14.3 Å². The Hall–Kier alpha value is -3.09. The smallest absolute Gasteiger partial charge is 0.409 e. The summed E-state index contributed by atoms with van der Waals surface area (Å²) in [6, 6.07) is 13.5. The monoisotopic (exact) mass is 382 g/mol. The minimum atomic E-state index is -0.276. The van der Waals surface area contributed by atoms with Gasteiger partial charge in [0.25, 0.3) is 5.91 Å². The summed E-state index contributed by atoms with van der Waals surface area (Å²) in [6.07, 6.45) is 1.39. The topological polar surface area (TPSA) is 66.0 Å². The summed E-state index contributed by atoms with van der Waals surface area (Å²) in [5, 5.41) is 0. The zero-order chi connectivity index (χ0) is 19.9. The van der Waals surface area contributed by atoms with Crippen LogP contribution in [0.1, 0.15) is 22.8 Å².